The highest BCUT2D eigenvalue weighted by atomic mass is 19.3. The van der Waals surface area contributed by atoms with Crippen LogP contribution in [0.25, 0.3) is 11.3 Å². The van der Waals surface area contributed by atoms with Crippen molar-refractivity contribution in [2.75, 3.05) is 30.0 Å². The maximum absolute atomic E-state index is 13.7. The number of anilines is 2. The van der Waals surface area contributed by atoms with Gasteiger partial charge in [-0.3, -0.25) is 9.78 Å². The van der Waals surface area contributed by atoms with Gasteiger partial charge in [0.2, 0.25) is 0 Å². The minimum atomic E-state index is -3.13. The first-order valence-electron chi connectivity index (χ1n) is 12.2. The molecule has 1 saturated heterocycles. The highest BCUT2D eigenvalue weighted by Crippen LogP contribution is 2.38. The Morgan fingerprint density at radius 2 is 2.06 bits per heavy atom. The molecule has 188 valence electrons. The average Bonchev–Trinajstić information content (AvgIpc) is 2.88. The van der Waals surface area contributed by atoms with Crippen LogP contribution in [-0.4, -0.2) is 46.9 Å². The Labute approximate surface area is 208 Å². The molecule has 0 aliphatic carbocycles. The molecule has 1 fully saturated rings. The maximum Gasteiger partial charge on any atom is 0.286 e. The summed E-state index contributed by atoms with van der Waals surface area (Å²) in [5.41, 5.74) is 4.86. The molecule has 7 nitrogen and oxygen atoms in total. The Kier molecular flexibility index (Phi) is 6.42. The van der Waals surface area contributed by atoms with E-state index in [0.717, 1.165) is 67.2 Å². The van der Waals surface area contributed by atoms with Gasteiger partial charge in [-0.15, -0.1) is 0 Å². The molecule has 0 unspecified atom stereocenters. The fraction of sp³-hybridized carbons (Fsp3) is 0.407. The highest BCUT2D eigenvalue weighted by molar-refractivity contribution is 6.04. The van der Waals surface area contributed by atoms with Crippen molar-refractivity contribution in [2.24, 2.45) is 5.92 Å². The number of nitrogens with zero attached hydrogens (tertiary/aromatic N) is 4. The fourth-order valence-corrected chi connectivity index (χ4v) is 5.04. The first kappa shape index (κ1) is 24.2. The number of benzene rings is 1. The minimum absolute atomic E-state index is 0.112. The number of alkyl halides is 2. The van der Waals surface area contributed by atoms with Crippen molar-refractivity contribution in [3.63, 3.8) is 0 Å². The molecule has 36 heavy (non-hydrogen) atoms. The zero-order valence-corrected chi connectivity index (χ0v) is 20.6. The molecule has 2 atom stereocenters. The van der Waals surface area contributed by atoms with E-state index in [1.54, 1.807) is 6.07 Å². The quantitative estimate of drug-likeness (QED) is 0.539. The third kappa shape index (κ3) is 4.67. The topological polar surface area (TPSA) is 80.2 Å². The first-order valence-corrected chi connectivity index (χ1v) is 12.2. The molecule has 1 aromatic carbocycles. The van der Waals surface area contributed by atoms with Crippen LogP contribution in [-0.2, 0) is 17.1 Å². The summed E-state index contributed by atoms with van der Waals surface area (Å²) in [4.78, 5) is 18.9. The number of carbonyl (C=O) groups excluding carboxylic acids is 1. The number of amides is 1. The molecular formula is C27H29F2N5O2. The molecule has 0 spiro atoms. The summed E-state index contributed by atoms with van der Waals surface area (Å²) in [5.74, 6) is -3.13. The number of carbonyl (C=O) groups is 1. The minimum Gasteiger partial charge on any atom is -0.377 e. The summed E-state index contributed by atoms with van der Waals surface area (Å²) in [6.07, 6.45) is 3.15. The predicted octanol–water partition coefficient (Wildman–Crippen LogP) is 5.00. The molecule has 0 bridgehead atoms. The molecule has 9 heteroatoms. The average molecular weight is 494 g/mol. The van der Waals surface area contributed by atoms with E-state index in [-0.39, 0.29) is 5.56 Å². The van der Waals surface area contributed by atoms with Gasteiger partial charge >= 0.3 is 0 Å². The van der Waals surface area contributed by atoms with Gasteiger partial charge in [0, 0.05) is 36.5 Å². The lowest BCUT2D eigenvalue weighted by atomic mass is 9.85. The van der Waals surface area contributed by atoms with Crippen molar-refractivity contribution in [1.29, 1.82) is 0 Å². The number of rotatable bonds is 5. The summed E-state index contributed by atoms with van der Waals surface area (Å²) in [6, 6.07) is 10.5. The van der Waals surface area contributed by atoms with Crippen LogP contribution in [0.1, 0.15) is 47.6 Å². The van der Waals surface area contributed by atoms with Gasteiger partial charge in [-0.25, -0.2) is 0 Å². The maximum atomic E-state index is 13.7. The molecule has 0 saturated carbocycles. The molecular weight excluding hydrogens is 464 g/mol. The lowest BCUT2D eigenvalue weighted by molar-refractivity contribution is 0.0127. The first-order chi connectivity index (χ1) is 17.2. The monoisotopic (exact) mass is 493 g/mol. The zero-order chi connectivity index (χ0) is 25.4. The Morgan fingerprint density at radius 3 is 2.83 bits per heavy atom. The van der Waals surface area contributed by atoms with Crippen molar-refractivity contribution in [3.05, 3.63) is 65.1 Å². The van der Waals surface area contributed by atoms with E-state index in [9.17, 15) is 13.6 Å². The van der Waals surface area contributed by atoms with Gasteiger partial charge in [0.05, 0.1) is 36.3 Å². The van der Waals surface area contributed by atoms with Gasteiger partial charge in [-0.05, 0) is 55.2 Å². The number of fused-ring (bicyclic) bond motifs is 3. The Hall–Kier alpha value is -3.46. The molecule has 1 N–H and O–H groups in total. The third-order valence-corrected chi connectivity index (χ3v) is 7.09. The fourth-order valence-electron chi connectivity index (χ4n) is 5.04. The molecule has 2 aliphatic rings. The van der Waals surface area contributed by atoms with Crippen LogP contribution in [0.2, 0.25) is 0 Å². The van der Waals surface area contributed by atoms with Gasteiger partial charge in [-0.2, -0.15) is 19.0 Å². The number of aromatic nitrogens is 3. The predicted molar refractivity (Wildman–Crippen MR) is 133 cm³/mol. The van der Waals surface area contributed by atoms with Gasteiger partial charge in [0.25, 0.3) is 11.8 Å². The Morgan fingerprint density at radius 1 is 1.22 bits per heavy atom. The molecule has 3 aromatic rings. The number of hydrogen-bond donors (Lipinski definition) is 1. The Balaban J connectivity index is 1.43. The molecule has 1 amide bonds. The van der Waals surface area contributed by atoms with Crippen molar-refractivity contribution >= 4 is 17.3 Å². The van der Waals surface area contributed by atoms with E-state index in [0.29, 0.717) is 24.3 Å². The van der Waals surface area contributed by atoms with Crippen molar-refractivity contribution in [2.45, 2.75) is 45.6 Å². The second-order valence-electron chi connectivity index (χ2n) is 9.57. The summed E-state index contributed by atoms with van der Waals surface area (Å²) in [5, 5.41) is 11.9. The normalized spacial score (nSPS) is 19.4. The summed E-state index contributed by atoms with van der Waals surface area (Å²) >= 11 is 0. The molecule has 2 aromatic heterocycles. The second-order valence-corrected chi connectivity index (χ2v) is 9.57. The molecule has 2 aliphatic heterocycles. The van der Waals surface area contributed by atoms with E-state index in [2.05, 4.69) is 38.4 Å². The molecule has 5 rings (SSSR count). The zero-order valence-electron chi connectivity index (χ0n) is 20.6. The van der Waals surface area contributed by atoms with Gasteiger partial charge in [0.15, 0.2) is 0 Å². The van der Waals surface area contributed by atoms with Crippen LogP contribution in [0.4, 0.5) is 20.2 Å². The molecule has 4 heterocycles. The van der Waals surface area contributed by atoms with Crippen LogP contribution in [0.3, 0.4) is 0 Å². The number of hydrogen-bond acceptors (Lipinski definition) is 6. The molecule has 0 radical (unpaired) electrons. The van der Waals surface area contributed by atoms with Crippen LogP contribution in [0, 0.1) is 12.8 Å². The van der Waals surface area contributed by atoms with Crippen molar-refractivity contribution < 1.29 is 18.3 Å². The van der Waals surface area contributed by atoms with Gasteiger partial charge in [0.1, 0.15) is 5.69 Å². The van der Waals surface area contributed by atoms with Gasteiger partial charge < -0.3 is 15.0 Å². The number of morpholine rings is 1. The standard InChI is InChI=1S/C27H29F2N5O2/c1-4-17-11-22-23(34-9-10-36-15-24(17)34)14-21(32-33-22)20-13-19(6-5-16(20)2)31-26(35)18-7-8-30-25(12-18)27(3,28)29/h5-8,12-14,17,24H,4,9-11,15H2,1-3H3,(H,31,35)/t17-,24-/m0/s1. The number of halogens is 2. The van der Waals surface area contributed by atoms with Crippen LogP contribution in [0.5, 0.6) is 0 Å². The smallest absolute Gasteiger partial charge is 0.286 e. The summed E-state index contributed by atoms with van der Waals surface area (Å²) < 4.78 is 33.1. The SMILES string of the molecule is CC[C@H]1Cc2nnc(-c3cc(NC(=O)c4ccnc(C(C)(F)F)c4)ccc3C)cc2N2CCOC[C@@H]12. The van der Waals surface area contributed by atoms with E-state index in [1.807, 2.05) is 19.1 Å². The number of aryl methyl sites for hydroxylation is 1. The highest BCUT2D eigenvalue weighted by Gasteiger charge is 2.36. The number of pyridine rings is 1. The van der Waals surface area contributed by atoms with Crippen LogP contribution < -0.4 is 10.2 Å². The lowest BCUT2D eigenvalue weighted by Crippen LogP contribution is -2.53. The van der Waals surface area contributed by atoms with Gasteiger partial charge in [-0.1, -0.05) is 19.4 Å². The largest absolute Gasteiger partial charge is 0.377 e. The summed E-state index contributed by atoms with van der Waals surface area (Å²) in [7, 11) is 0. The second kappa shape index (κ2) is 9.54. The van der Waals surface area contributed by atoms with E-state index < -0.39 is 17.5 Å². The number of nitrogens with one attached hydrogen (secondary N) is 1. The summed E-state index contributed by atoms with van der Waals surface area (Å²) in [6.45, 7) is 7.16. The van der Waals surface area contributed by atoms with E-state index in [4.69, 9.17) is 4.74 Å². The Bertz CT molecular complexity index is 1290. The number of ether oxygens (including phenoxy) is 1. The van der Waals surface area contributed by atoms with E-state index in [1.165, 1.54) is 12.3 Å². The van der Waals surface area contributed by atoms with Crippen LogP contribution >= 0.6 is 0 Å². The third-order valence-electron chi connectivity index (χ3n) is 7.09. The van der Waals surface area contributed by atoms with Crippen molar-refractivity contribution in [1.82, 2.24) is 15.2 Å². The lowest BCUT2D eigenvalue weighted by Gasteiger charge is -2.45. The van der Waals surface area contributed by atoms with E-state index >= 15 is 0 Å². The van der Waals surface area contributed by atoms with Crippen molar-refractivity contribution in [3.8, 4) is 11.3 Å². The van der Waals surface area contributed by atoms with Crippen LogP contribution in [0.15, 0.2) is 42.6 Å².